The predicted molar refractivity (Wildman–Crippen MR) is 76.9 cm³/mol. The summed E-state index contributed by atoms with van der Waals surface area (Å²) in [5.74, 6) is 1.22. The summed E-state index contributed by atoms with van der Waals surface area (Å²) in [6.45, 7) is 2.88. The summed E-state index contributed by atoms with van der Waals surface area (Å²) in [4.78, 5) is 8.27. The third-order valence-electron chi connectivity index (χ3n) is 2.17. The number of hydrogen-bond acceptors (Lipinski definition) is 4. The van der Waals surface area contributed by atoms with Crippen LogP contribution in [0.4, 0.5) is 0 Å². The van der Waals surface area contributed by atoms with Gasteiger partial charge < -0.3 is 9.47 Å². The van der Waals surface area contributed by atoms with E-state index in [1.807, 2.05) is 31.2 Å². The summed E-state index contributed by atoms with van der Waals surface area (Å²) in [5.41, 5.74) is 1.11. The van der Waals surface area contributed by atoms with E-state index in [-0.39, 0.29) is 0 Å². The summed E-state index contributed by atoms with van der Waals surface area (Å²) in [5, 5.41) is 0. The van der Waals surface area contributed by atoms with Crippen molar-refractivity contribution < 1.29 is 9.47 Å². The van der Waals surface area contributed by atoms with Gasteiger partial charge in [0.15, 0.2) is 0 Å². The lowest BCUT2D eigenvalue weighted by molar-refractivity contribution is 0.207. The summed E-state index contributed by atoms with van der Waals surface area (Å²) < 4.78 is 12.0. The van der Waals surface area contributed by atoms with Crippen molar-refractivity contribution >= 4 is 22.6 Å². The van der Waals surface area contributed by atoms with E-state index in [0.29, 0.717) is 25.0 Å². The second-order valence-electron chi connectivity index (χ2n) is 3.69. The van der Waals surface area contributed by atoms with Gasteiger partial charge in [0, 0.05) is 28.1 Å². The molecule has 0 saturated carbocycles. The monoisotopic (exact) mass is 356 g/mol. The Bertz CT molecular complexity index is 438. The molecule has 0 aromatic carbocycles. The Morgan fingerprint density at radius 2 is 1.56 bits per heavy atom. The fourth-order valence-electron chi connectivity index (χ4n) is 1.28. The molecule has 94 valence electrons. The predicted octanol–water partition coefficient (Wildman–Crippen LogP) is 2.85. The van der Waals surface area contributed by atoms with E-state index in [1.165, 1.54) is 0 Å². The van der Waals surface area contributed by atoms with Gasteiger partial charge in [-0.15, -0.1) is 0 Å². The number of ether oxygens (including phenoxy) is 2. The van der Waals surface area contributed by atoms with Gasteiger partial charge in [0.05, 0.1) is 0 Å². The highest BCUT2D eigenvalue weighted by atomic mass is 127. The highest BCUT2D eigenvalue weighted by Gasteiger charge is 1.97. The summed E-state index contributed by atoms with van der Waals surface area (Å²) in [6.07, 6.45) is 3.54. The lowest BCUT2D eigenvalue weighted by atomic mass is 10.3. The number of hydrogen-bond donors (Lipinski definition) is 0. The Labute approximate surface area is 120 Å². The lowest BCUT2D eigenvalue weighted by Crippen LogP contribution is -2.10. The topological polar surface area (TPSA) is 44.2 Å². The van der Waals surface area contributed by atoms with Gasteiger partial charge in [0.1, 0.15) is 13.2 Å². The third kappa shape index (κ3) is 4.14. The van der Waals surface area contributed by atoms with Crippen LogP contribution >= 0.6 is 22.6 Å². The SMILES string of the molecule is Cc1ccc(OCCOc2ccc(I)cn2)nc1. The van der Waals surface area contributed by atoms with Crippen molar-refractivity contribution in [2.75, 3.05) is 13.2 Å². The maximum absolute atomic E-state index is 5.44. The summed E-state index contributed by atoms with van der Waals surface area (Å²) >= 11 is 2.20. The van der Waals surface area contributed by atoms with Crippen LogP contribution in [0, 0.1) is 10.5 Å². The van der Waals surface area contributed by atoms with Crippen LogP contribution in [0.5, 0.6) is 11.8 Å². The zero-order valence-electron chi connectivity index (χ0n) is 9.97. The molecule has 0 atom stereocenters. The lowest BCUT2D eigenvalue weighted by Gasteiger charge is -2.07. The van der Waals surface area contributed by atoms with Crippen molar-refractivity contribution in [3.05, 3.63) is 45.8 Å². The van der Waals surface area contributed by atoms with Gasteiger partial charge in [-0.05, 0) is 41.1 Å². The maximum atomic E-state index is 5.44. The molecular weight excluding hydrogens is 343 g/mol. The molecule has 0 saturated heterocycles. The molecule has 2 aromatic rings. The van der Waals surface area contributed by atoms with E-state index in [4.69, 9.17) is 9.47 Å². The van der Waals surface area contributed by atoms with E-state index in [1.54, 1.807) is 12.4 Å². The molecule has 5 heteroatoms. The van der Waals surface area contributed by atoms with E-state index in [9.17, 15) is 0 Å². The van der Waals surface area contributed by atoms with Crippen molar-refractivity contribution in [1.29, 1.82) is 0 Å². The first kappa shape index (κ1) is 13.1. The molecule has 2 aromatic heterocycles. The molecule has 0 radical (unpaired) electrons. The Kier molecular flexibility index (Phi) is 4.74. The molecule has 0 bridgehead atoms. The van der Waals surface area contributed by atoms with Crippen molar-refractivity contribution in [3.8, 4) is 11.8 Å². The van der Waals surface area contributed by atoms with E-state index >= 15 is 0 Å². The van der Waals surface area contributed by atoms with E-state index in [2.05, 4.69) is 32.6 Å². The molecule has 2 heterocycles. The van der Waals surface area contributed by atoms with E-state index in [0.717, 1.165) is 9.13 Å². The highest BCUT2D eigenvalue weighted by Crippen LogP contribution is 2.09. The van der Waals surface area contributed by atoms with E-state index < -0.39 is 0 Å². The minimum absolute atomic E-state index is 0.448. The number of halogens is 1. The standard InChI is InChI=1S/C13H13IN2O2/c1-10-2-4-12(15-8-10)17-6-7-18-13-5-3-11(14)9-16-13/h2-5,8-9H,6-7H2,1H3. The molecule has 0 N–H and O–H groups in total. The minimum atomic E-state index is 0.448. The molecule has 0 aliphatic rings. The van der Waals surface area contributed by atoms with Gasteiger partial charge >= 0.3 is 0 Å². The Morgan fingerprint density at radius 1 is 0.944 bits per heavy atom. The first-order valence-corrected chi connectivity index (χ1v) is 6.62. The average Bonchev–Trinajstić information content (AvgIpc) is 2.39. The Morgan fingerprint density at radius 3 is 2.06 bits per heavy atom. The first-order chi connectivity index (χ1) is 8.74. The summed E-state index contributed by atoms with van der Waals surface area (Å²) in [7, 11) is 0. The normalized spacial score (nSPS) is 10.1. The van der Waals surface area contributed by atoms with Crippen LogP contribution in [0.2, 0.25) is 0 Å². The van der Waals surface area contributed by atoms with Crippen LogP contribution in [0.1, 0.15) is 5.56 Å². The Balaban J connectivity index is 1.73. The van der Waals surface area contributed by atoms with Crippen LogP contribution in [-0.4, -0.2) is 23.2 Å². The number of nitrogens with zero attached hydrogens (tertiary/aromatic N) is 2. The van der Waals surface area contributed by atoms with Crippen molar-refractivity contribution in [2.24, 2.45) is 0 Å². The zero-order chi connectivity index (χ0) is 12.8. The minimum Gasteiger partial charge on any atom is -0.474 e. The highest BCUT2D eigenvalue weighted by molar-refractivity contribution is 14.1. The molecule has 2 rings (SSSR count). The first-order valence-electron chi connectivity index (χ1n) is 5.54. The van der Waals surface area contributed by atoms with Crippen LogP contribution in [0.25, 0.3) is 0 Å². The molecule has 4 nitrogen and oxygen atoms in total. The Hall–Kier alpha value is -1.37. The number of rotatable bonds is 5. The fraction of sp³-hybridized carbons (Fsp3) is 0.231. The van der Waals surface area contributed by atoms with Gasteiger partial charge in [-0.2, -0.15) is 0 Å². The number of pyridine rings is 2. The molecule has 0 fully saturated rings. The third-order valence-corrected chi connectivity index (χ3v) is 2.81. The second-order valence-corrected chi connectivity index (χ2v) is 4.93. The van der Waals surface area contributed by atoms with Crippen LogP contribution in [0.15, 0.2) is 36.7 Å². The molecule has 0 spiro atoms. The molecule has 0 aliphatic carbocycles. The van der Waals surface area contributed by atoms with Gasteiger partial charge in [-0.3, -0.25) is 0 Å². The largest absolute Gasteiger partial charge is 0.474 e. The van der Waals surface area contributed by atoms with Gasteiger partial charge in [-0.25, -0.2) is 9.97 Å². The number of aromatic nitrogens is 2. The maximum Gasteiger partial charge on any atom is 0.213 e. The second kappa shape index (κ2) is 6.53. The van der Waals surface area contributed by atoms with Crippen molar-refractivity contribution in [3.63, 3.8) is 0 Å². The van der Waals surface area contributed by atoms with Crippen LogP contribution < -0.4 is 9.47 Å². The van der Waals surface area contributed by atoms with Crippen LogP contribution in [0.3, 0.4) is 0 Å². The molecule has 18 heavy (non-hydrogen) atoms. The smallest absolute Gasteiger partial charge is 0.213 e. The molecule has 0 unspecified atom stereocenters. The van der Waals surface area contributed by atoms with Gasteiger partial charge in [-0.1, -0.05) is 6.07 Å². The quantitative estimate of drug-likeness (QED) is 0.611. The van der Waals surface area contributed by atoms with Crippen LogP contribution in [-0.2, 0) is 0 Å². The average molecular weight is 356 g/mol. The van der Waals surface area contributed by atoms with Crippen molar-refractivity contribution in [1.82, 2.24) is 9.97 Å². The number of aryl methyl sites for hydroxylation is 1. The van der Waals surface area contributed by atoms with Gasteiger partial charge in [0.2, 0.25) is 11.8 Å². The molecule has 0 amide bonds. The molecular formula is C13H13IN2O2. The summed E-state index contributed by atoms with van der Waals surface area (Å²) in [6, 6.07) is 7.60. The molecule has 0 aliphatic heterocycles. The zero-order valence-corrected chi connectivity index (χ0v) is 12.1. The fourth-order valence-corrected chi connectivity index (χ4v) is 1.60. The van der Waals surface area contributed by atoms with Gasteiger partial charge in [0.25, 0.3) is 0 Å². The van der Waals surface area contributed by atoms with Crippen molar-refractivity contribution in [2.45, 2.75) is 6.92 Å².